The van der Waals surface area contributed by atoms with Crippen molar-refractivity contribution in [3.63, 3.8) is 0 Å². The number of ether oxygens (including phenoxy) is 5. The highest BCUT2D eigenvalue weighted by molar-refractivity contribution is 5.78. The van der Waals surface area contributed by atoms with Crippen molar-refractivity contribution in [1.82, 2.24) is 0 Å². The molecule has 11 rings (SSSR count). The van der Waals surface area contributed by atoms with Crippen LogP contribution >= 0.6 is 0 Å². The Morgan fingerprint density at radius 1 is 0.360 bits per heavy atom. The summed E-state index contributed by atoms with van der Waals surface area (Å²) in [6.45, 7) is 54.9. The van der Waals surface area contributed by atoms with E-state index in [-0.39, 0.29) is 181 Å². The van der Waals surface area contributed by atoms with Crippen molar-refractivity contribution in [2.24, 2.45) is 108 Å². The molecule has 17 unspecified atom stereocenters. The van der Waals surface area contributed by atoms with Gasteiger partial charge in [-0.25, -0.2) is 0 Å². The number of fused-ring (bicyclic) bond motifs is 13. The molecule has 0 saturated heterocycles. The molecule has 0 N–H and O–H groups in total. The fourth-order valence-electron chi connectivity index (χ4n) is 20.1. The zero-order valence-corrected chi connectivity index (χ0v) is 63.0. The van der Waals surface area contributed by atoms with Crippen LogP contribution in [-0.4, -0.2) is 57.9 Å². The Labute approximate surface area is 625 Å². The van der Waals surface area contributed by atoms with Gasteiger partial charge in [0.15, 0.2) is 0 Å². The van der Waals surface area contributed by atoms with Crippen molar-refractivity contribution in [3.05, 3.63) is 0 Å². The lowest BCUT2D eigenvalue weighted by molar-refractivity contribution is -0.202. The first-order chi connectivity index (χ1) is 41.2. The van der Waals surface area contributed by atoms with E-state index in [4.69, 9.17) is 23.7 Å². The van der Waals surface area contributed by atoms with Crippen LogP contribution in [0.4, 0.5) is 0 Å². The van der Waals surface area contributed by atoms with E-state index in [1.165, 1.54) is 96.3 Å². The normalized spacial score (nSPS) is 36.0. The lowest BCUT2D eigenvalue weighted by Gasteiger charge is -2.51. The van der Waals surface area contributed by atoms with Gasteiger partial charge in [0, 0.05) is 22.2 Å². The SMILES string of the molecule is C.C.C.C.C.C.C.C.C.C.CCC(C)(C)C(=O)OC1(C)C2(C)CCC(C2)C1(C)C.CCC(C)(C)C(=O)OC1(C)CC2CC1C1CCCC21.CCC(C)(C)C(=O)OC1(C)CC2CCC1(C)C2(C)C.CCC(C)(C)C(=O)OC1(C)CC2CCC1C2.CCC(C)(C)C(=O)OC1(CC)CC2CCC1C2. The summed E-state index contributed by atoms with van der Waals surface area (Å²) < 4.78 is 30.2. The Kier molecular flexibility index (Phi) is 37.2. The third kappa shape index (κ3) is 18.6. The zero-order valence-electron chi connectivity index (χ0n) is 63.0. The molecule has 0 aromatic heterocycles. The summed E-state index contributed by atoms with van der Waals surface area (Å²) in [7, 11) is 0. The van der Waals surface area contributed by atoms with Crippen LogP contribution in [0, 0.1) is 108 Å². The second-order valence-electron chi connectivity index (χ2n) is 37.9. The van der Waals surface area contributed by atoms with Crippen LogP contribution in [0.2, 0.25) is 0 Å². The summed E-state index contributed by atoms with van der Waals surface area (Å²) in [6.07, 6.45) is 28.9. The average molecular weight is 1420 g/mol. The quantitative estimate of drug-likeness (QED) is 0.109. The molecule has 11 aliphatic carbocycles. The summed E-state index contributed by atoms with van der Waals surface area (Å²) in [4.78, 5) is 61.8. The first-order valence-corrected chi connectivity index (χ1v) is 37.4. The molecule has 10 bridgehead atoms. The summed E-state index contributed by atoms with van der Waals surface area (Å²) in [5, 5.41) is 0. The Balaban J connectivity index is -0.000000563. The zero-order chi connectivity index (χ0) is 67.9. The molecule has 11 aliphatic rings. The first kappa shape index (κ1) is 104. The van der Waals surface area contributed by atoms with Crippen molar-refractivity contribution in [3.8, 4) is 0 Å². The fraction of sp³-hybridized carbons (Fsp3) is 0.944. The van der Waals surface area contributed by atoms with E-state index >= 15 is 0 Å². The third-order valence-corrected chi connectivity index (χ3v) is 30.5. The molecule has 0 aromatic rings. The highest BCUT2D eigenvalue weighted by Gasteiger charge is 2.71. The molecule has 0 radical (unpaired) electrons. The summed E-state index contributed by atoms with van der Waals surface area (Å²) in [5.74, 6) is 7.51. The Bertz CT molecular complexity index is 2580. The Hall–Kier alpha value is -2.65. The Morgan fingerprint density at radius 3 is 1.11 bits per heavy atom. The molecule has 11 saturated carbocycles. The second kappa shape index (κ2) is 35.8. The van der Waals surface area contributed by atoms with Crippen molar-refractivity contribution >= 4 is 29.8 Å². The van der Waals surface area contributed by atoms with Crippen molar-refractivity contribution in [1.29, 1.82) is 0 Å². The molecule has 100 heavy (non-hydrogen) atoms. The van der Waals surface area contributed by atoms with Gasteiger partial charge in [0.25, 0.3) is 0 Å². The molecule has 0 aromatic carbocycles. The number of hydrogen-bond donors (Lipinski definition) is 0. The predicted octanol–water partition coefficient (Wildman–Crippen LogP) is 27.2. The predicted molar refractivity (Wildman–Crippen MR) is 431 cm³/mol. The van der Waals surface area contributed by atoms with Gasteiger partial charge < -0.3 is 23.7 Å². The monoisotopic (exact) mass is 1420 g/mol. The number of hydrogen-bond acceptors (Lipinski definition) is 10. The number of carbonyl (C=O) groups is 5. The lowest BCUT2D eigenvalue weighted by atomic mass is 9.61. The minimum absolute atomic E-state index is 0. The van der Waals surface area contributed by atoms with Crippen LogP contribution in [0.25, 0.3) is 0 Å². The van der Waals surface area contributed by atoms with Crippen LogP contribution in [0.5, 0.6) is 0 Å². The van der Waals surface area contributed by atoms with Crippen LogP contribution in [0.1, 0.15) is 415 Å². The maximum atomic E-state index is 12.5. The molecule has 17 atom stereocenters. The van der Waals surface area contributed by atoms with Gasteiger partial charge in [-0.1, -0.05) is 164 Å². The minimum Gasteiger partial charge on any atom is -0.459 e. The number of carbonyl (C=O) groups excluding carboxylic acids is 5. The summed E-state index contributed by atoms with van der Waals surface area (Å²) in [5.41, 5.74) is -2.17. The van der Waals surface area contributed by atoms with Crippen LogP contribution in [0.15, 0.2) is 0 Å². The van der Waals surface area contributed by atoms with E-state index in [9.17, 15) is 24.0 Å². The lowest BCUT2D eigenvalue weighted by Crippen LogP contribution is -2.55. The van der Waals surface area contributed by atoms with E-state index < -0.39 is 0 Å². The van der Waals surface area contributed by atoms with Crippen molar-refractivity contribution < 1.29 is 47.7 Å². The molecule has 10 heteroatoms. The minimum atomic E-state index is -0.378. The number of esters is 5. The number of rotatable bonds is 16. The van der Waals surface area contributed by atoms with Gasteiger partial charge in [-0.15, -0.1) is 0 Å². The maximum absolute atomic E-state index is 12.5. The molecule has 598 valence electrons. The fourth-order valence-corrected chi connectivity index (χ4v) is 20.1. The molecule has 0 heterocycles. The van der Waals surface area contributed by atoms with E-state index in [0.717, 1.165) is 93.8 Å². The van der Waals surface area contributed by atoms with Gasteiger partial charge in [0.1, 0.15) is 28.0 Å². The topological polar surface area (TPSA) is 132 Å². The maximum Gasteiger partial charge on any atom is 0.312 e. The highest BCUT2D eigenvalue weighted by Crippen LogP contribution is 2.72. The molecule has 0 spiro atoms. The van der Waals surface area contributed by atoms with Gasteiger partial charge in [-0.05, 0) is 310 Å². The van der Waals surface area contributed by atoms with Crippen LogP contribution in [-0.2, 0) is 47.7 Å². The smallest absolute Gasteiger partial charge is 0.312 e. The first-order valence-electron chi connectivity index (χ1n) is 37.4. The van der Waals surface area contributed by atoms with Crippen LogP contribution in [0.3, 0.4) is 0 Å². The van der Waals surface area contributed by atoms with E-state index in [1.54, 1.807) is 0 Å². The van der Waals surface area contributed by atoms with Gasteiger partial charge in [-0.3, -0.25) is 24.0 Å². The van der Waals surface area contributed by atoms with E-state index in [1.807, 2.05) is 76.2 Å². The van der Waals surface area contributed by atoms with Crippen molar-refractivity contribution in [2.45, 2.75) is 443 Å². The Morgan fingerprint density at radius 2 is 0.750 bits per heavy atom. The van der Waals surface area contributed by atoms with E-state index in [0.29, 0.717) is 29.6 Å². The largest absolute Gasteiger partial charge is 0.459 e. The van der Waals surface area contributed by atoms with Gasteiger partial charge in [-0.2, -0.15) is 0 Å². The molecular weight excluding hydrogens is 1240 g/mol. The summed E-state index contributed by atoms with van der Waals surface area (Å²) >= 11 is 0. The second-order valence-corrected chi connectivity index (χ2v) is 37.9. The third-order valence-electron chi connectivity index (χ3n) is 30.5. The molecule has 10 nitrogen and oxygen atoms in total. The van der Waals surface area contributed by atoms with Crippen molar-refractivity contribution in [2.75, 3.05) is 0 Å². The molecular formula is C90H178O10. The molecule has 0 amide bonds. The highest BCUT2D eigenvalue weighted by atomic mass is 16.6. The molecule has 0 aliphatic heterocycles. The van der Waals surface area contributed by atoms with Gasteiger partial charge in [0.05, 0.1) is 27.1 Å². The molecule has 11 fully saturated rings. The van der Waals surface area contributed by atoms with Gasteiger partial charge >= 0.3 is 29.8 Å². The summed E-state index contributed by atoms with van der Waals surface area (Å²) in [6, 6.07) is 0. The van der Waals surface area contributed by atoms with Crippen LogP contribution < -0.4 is 0 Å². The van der Waals surface area contributed by atoms with E-state index in [2.05, 4.69) is 104 Å². The average Bonchev–Trinajstić information content (AvgIpc) is 1.53. The van der Waals surface area contributed by atoms with Gasteiger partial charge in [0.2, 0.25) is 0 Å². The standard InChI is InChI=1S/C17H28O2.2C17H30O2.C15H26O2.C14H24O2.10CH4/c1-5-16(2,3)15(18)19-17(4)10-11-9-14(17)13-8-6-7-12(11)13;1-8-14(2,3)13(18)19-17(7)11-12-9-10-16(17,6)15(12,4)5;1-8-14(2,3)13(18)19-17(7)15(4,5)12-9-10-16(17,6)11-12;1-5-14(3,4)13(16)17-15(6-2)10-11-7-8-12(15)9-11;1-5-13(2,3)12(15)16-14(4)9-10-6-7-11(14)8-10;;;;;;;;;;/h11-14H,5-10H2,1-4H3;2*12H,8-11H2,1-7H3;11-12H,5-10H2,1-4H3;10-11H,5-9H2,1-4H3;10*1H4.